The quantitative estimate of drug-likeness (QED) is 0.661. The van der Waals surface area contributed by atoms with Gasteiger partial charge in [-0.05, 0) is 42.0 Å². The summed E-state index contributed by atoms with van der Waals surface area (Å²) in [5.41, 5.74) is 0.461. The molecule has 1 fully saturated rings. The Bertz CT molecular complexity index is 302. The first-order valence-corrected chi connectivity index (χ1v) is 4.83. The third kappa shape index (κ3) is 1.57. The molecule has 0 spiro atoms. The van der Waals surface area contributed by atoms with Gasteiger partial charge in [0, 0.05) is 0 Å². The molecule has 1 aliphatic carbocycles. The van der Waals surface area contributed by atoms with Gasteiger partial charge in [-0.1, -0.05) is 13.8 Å². The lowest BCUT2D eigenvalue weighted by atomic mass is 9.92. The molecule has 4 nitrogen and oxygen atoms in total. The van der Waals surface area contributed by atoms with Gasteiger partial charge in [-0.25, -0.2) is 4.68 Å². The Balaban J connectivity index is 2.17. The van der Waals surface area contributed by atoms with Gasteiger partial charge in [0.2, 0.25) is 0 Å². The molecule has 0 bridgehead atoms. The number of nitrogens with zero attached hydrogens (tertiary/aromatic N) is 4. The third-order valence-electron chi connectivity index (χ3n) is 2.95. The molecule has 1 aliphatic rings. The lowest BCUT2D eigenvalue weighted by Gasteiger charge is -2.16. The van der Waals surface area contributed by atoms with Gasteiger partial charge >= 0.3 is 0 Å². The van der Waals surface area contributed by atoms with E-state index in [2.05, 4.69) is 29.4 Å². The minimum Gasteiger partial charge on any atom is -0.227 e. The van der Waals surface area contributed by atoms with E-state index in [-0.39, 0.29) is 0 Å². The van der Waals surface area contributed by atoms with Crippen molar-refractivity contribution in [3.05, 3.63) is 5.82 Å². The largest absolute Gasteiger partial charge is 0.227 e. The van der Waals surface area contributed by atoms with Crippen LogP contribution in [0.3, 0.4) is 0 Å². The standard InChI is InChI=1S/C9H16N4/c1-7-10-11-12-13(7)8-4-5-9(2,3)6-8/h8H,4-6H2,1-3H3. The van der Waals surface area contributed by atoms with Crippen LogP contribution in [0.4, 0.5) is 0 Å². The van der Waals surface area contributed by atoms with Crippen LogP contribution in [0, 0.1) is 12.3 Å². The van der Waals surface area contributed by atoms with E-state index in [1.807, 2.05) is 11.6 Å². The molecule has 2 rings (SSSR count). The molecule has 0 radical (unpaired) electrons. The van der Waals surface area contributed by atoms with Crippen molar-refractivity contribution < 1.29 is 0 Å². The molecule has 1 saturated carbocycles. The van der Waals surface area contributed by atoms with Crippen LogP contribution in [0.5, 0.6) is 0 Å². The summed E-state index contributed by atoms with van der Waals surface area (Å²) < 4.78 is 1.97. The predicted octanol–water partition coefficient (Wildman–Crippen LogP) is 1.73. The highest BCUT2D eigenvalue weighted by Gasteiger charge is 2.33. The van der Waals surface area contributed by atoms with Crippen molar-refractivity contribution >= 4 is 0 Å². The zero-order chi connectivity index (χ0) is 9.47. The van der Waals surface area contributed by atoms with Gasteiger partial charge in [-0.3, -0.25) is 0 Å². The number of hydrogen-bond acceptors (Lipinski definition) is 3. The Kier molecular flexibility index (Phi) is 1.86. The average Bonchev–Trinajstić information content (AvgIpc) is 2.56. The molecule has 0 aliphatic heterocycles. The summed E-state index contributed by atoms with van der Waals surface area (Å²) in [6.45, 7) is 6.59. The number of aromatic nitrogens is 4. The lowest BCUT2D eigenvalue weighted by molar-refractivity contribution is 0.345. The second kappa shape index (κ2) is 2.79. The fourth-order valence-corrected chi connectivity index (χ4v) is 2.18. The van der Waals surface area contributed by atoms with E-state index < -0.39 is 0 Å². The van der Waals surface area contributed by atoms with Gasteiger partial charge in [0.25, 0.3) is 0 Å². The second-order valence-corrected chi connectivity index (χ2v) is 4.73. The highest BCUT2D eigenvalue weighted by molar-refractivity contribution is 4.88. The number of rotatable bonds is 1. The predicted molar refractivity (Wildman–Crippen MR) is 49.2 cm³/mol. The fraction of sp³-hybridized carbons (Fsp3) is 0.889. The summed E-state index contributed by atoms with van der Waals surface area (Å²) in [5, 5.41) is 11.6. The van der Waals surface area contributed by atoms with Gasteiger partial charge in [0.1, 0.15) is 5.82 Å². The van der Waals surface area contributed by atoms with Crippen LogP contribution in [0.15, 0.2) is 0 Å². The van der Waals surface area contributed by atoms with Crippen LogP contribution >= 0.6 is 0 Å². The van der Waals surface area contributed by atoms with Crippen molar-refractivity contribution in [2.24, 2.45) is 5.41 Å². The van der Waals surface area contributed by atoms with Crippen LogP contribution < -0.4 is 0 Å². The Labute approximate surface area is 78.3 Å². The smallest absolute Gasteiger partial charge is 0.148 e. The molecule has 1 aromatic heterocycles. The number of aryl methyl sites for hydroxylation is 1. The van der Waals surface area contributed by atoms with E-state index in [1.165, 1.54) is 19.3 Å². The van der Waals surface area contributed by atoms with E-state index in [4.69, 9.17) is 0 Å². The SMILES string of the molecule is Cc1nnnn1C1CCC(C)(C)C1. The molecule has 72 valence electrons. The Morgan fingerprint density at radius 1 is 1.46 bits per heavy atom. The Hall–Kier alpha value is -0.930. The summed E-state index contributed by atoms with van der Waals surface area (Å²) in [6, 6.07) is 0.519. The first-order chi connectivity index (χ1) is 6.08. The van der Waals surface area contributed by atoms with Crippen LogP contribution in [0.25, 0.3) is 0 Å². The number of hydrogen-bond donors (Lipinski definition) is 0. The minimum absolute atomic E-state index is 0.461. The summed E-state index contributed by atoms with van der Waals surface area (Å²) in [6.07, 6.45) is 3.68. The van der Waals surface area contributed by atoms with E-state index in [0.717, 1.165) is 5.82 Å². The fourth-order valence-electron chi connectivity index (χ4n) is 2.18. The maximum absolute atomic E-state index is 4.02. The van der Waals surface area contributed by atoms with Gasteiger partial charge in [-0.15, -0.1) is 5.10 Å². The van der Waals surface area contributed by atoms with Crippen molar-refractivity contribution in [3.63, 3.8) is 0 Å². The summed E-state index contributed by atoms with van der Waals surface area (Å²) in [7, 11) is 0. The molecular weight excluding hydrogens is 164 g/mol. The average molecular weight is 180 g/mol. The van der Waals surface area contributed by atoms with Crippen molar-refractivity contribution in [1.82, 2.24) is 20.2 Å². The van der Waals surface area contributed by atoms with Crippen molar-refractivity contribution in [2.75, 3.05) is 0 Å². The van der Waals surface area contributed by atoms with Crippen molar-refractivity contribution in [3.8, 4) is 0 Å². The van der Waals surface area contributed by atoms with E-state index in [0.29, 0.717) is 11.5 Å². The first-order valence-electron chi connectivity index (χ1n) is 4.83. The topological polar surface area (TPSA) is 43.6 Å². The molecule has 13 heavy (non-hydrogen) atoms. The molecule has 1 atom stereocenters. The summed E-state index contributed by atoms with van der Waals surface area (Å²) in [4.78, 5) is 0. The highest BCUT2D eigenvalue weighted by Crippen LogP contribution is 2.43. The van der Waals surface area contributed by atoms with Gasteiger partial charge in [-0.2, -0.15) is 0 Å². The molecule has 0 aromatic carbocycles. The molecule has 1 aromatic rings. The molecule has 0 saturated heterocycles. The molecule has 1 unspecified atom stereocenters. The second-order valence-electron chi connectivity index (χ2n) is 4.73. The van der Waals surface area contributed by atoms with Crippen LogP contribution in [-0.4, -0.2) is 20.2 Å². The van der Waals surface area contributed by atoms with Crippen molar-refractivity contribution in [1.29, 1.82) is 0 Å². The normalized spacial score (nSPS) is 26.5. The zero-order valence-corrected chi connectivity index (χ0v) is 8.49. The van der Waals surface area contributed by atoms with Gasteiger partial charge in [0.15, 0.2) is 0 Å². The van der Waals surface area contributed by atoms with E-state index in [1.54, 1.807) is 0 Å². The van der Waals surface area contributed by atoms with E-state index in [9.17, 15) is 0 Å². The van der Waals surface area contributed by atoms with Crippen LogP contribution in [0.2, 0.25) is 0 Å². The summed E-state index contributed by atoms with van der Waals surface area (Å²) >= 11 is 0. The monoisotopic (exact) mass is 180 g/mol. The third-order valence-corrected chi connectivity index (χ3v) is 2.95. The van der Waals surface area contributed by atoms with Crippen LogP contribution in [-0.2, 0) is 0 Å². The Morgan fingerprint density at radius 2 is 2.23 bits per heavy atom. The molecule has 4 heteroatoms. The van der Waals surface area contributed by atoms with E-state index >= 15 is 0 Å². The molecular formula is C9H16N4. The lowest BCUT2D eigenvalue weighted by Crippen LogP contribution is -2.12. The number of tetrazole rings is 1. The highest BCUT2D eigenvalue weighted by atomic mass is 15.5. The zero-order valence-electron chi connectivity index (χ0n) is 8.49. The first kappa shape index (κ1) is 8.66. The molecule has 0 N–H and O–H groups in total. The maximum atomic E-state index is 4.02. The minimum atomic E-state index is 0.461. The molecule has 1 heterocycles. The van der Waals surface area contributed by atoms with Gasteiger partial charge < -0.3 is 0 Å². The van der Waals surface area contributed by atoms with Gasteiger partial charge in [0.05, 0.1) is 6.04 Å². The van der Waals surface area contributed by atoms with Crippen molar-refractivity contribution in [2.45, 2.75) is 46.1 Å². The summed E-state index contributed by atoms with van der Waals surface area (Å²) in [5.74, 6) is 0.933. The maximum Gasteiger partial charge on any atom is 0.148 e. The Morgan fingerprint density at radius 3 is 2.69 bits per heavy atom. The molecule has 0 amide bonds. The van der Waals surface area contributed by atoms with Crippen LogP contribution in [0.1, 0.15) is 45.0 Å².